The predicted octanol–water partition coefficient (Wildman–Crippen LogP) is 5.32. The molecule has 0 amide bonds. The van der Waals surface area contributed by atoms with Gasteiger partial charge in [0.15, 0.2) is 5.82 Å². The van der Waals surface area contributed by atoms with E-state index >= 15 is 0 Å². The summed E-state index contributed by atoms with van der Waals surface area (Å²) < 4.78 is 2.16. The van der Waals surface area contributed by atoms with Crippen LogP contribution < -0.4 is 0 Å². The van der Waals surface area contributed by atoms with Crippen molar-refractivity contribution in [2.75, 3.05) is 0 Å². The molecule has 170 valence electrons. The third-order valence-corrected chi connectivity index (χ3v) is 6.18. The second-order valence-corrected chi connectivity index (χ2v) is 8.79. The number of para-hydroxylation sites is 1. The Morgan fingerprint density at radius 2 is 1.74 bits per heavy atom. The molecule has 5 aromatic rings. The van der Waals surface area contributed by atoms with Gasteiger partial charge < -0.3 is 9.67 Å². The highest BCUT2D eigenvalue weighted by Gasteiger charge is 2.13. The fraction of sp³-hybridized carbons (Fsp3) is 0.120. The molecule has 0 radical (unpaired) electrons. The van der Waals surface area contributed by atoms with Crippen LogP contribution in [-0.2, 0) is 19.5 Å². The summed E-state index contributed by atoms with van der Waals surface area (Å²) in [5, 5.41) is 24.3. The Morgan fingerprint density at radius 1 is 0.941 bits per heavy atom. The van der Waals surface area contributed by atoms with Gasteiger partial charge in [-0.1, -0.05) is 59.6 Å². The maximum Gasteiger partial charge on any atom is 0.335 e. The molecule has 0 spiro atoms. The third kappa shape index (κ3) is 4.66. The Hall–Kier alpha value is -3.68. The minimum absolute atomic E-state index is 0.243. The Morgan fingerprint density at radius 3 is 2.50 bits per heavy atom. The molecule has 3 aromatic carbocycles. The number of tetrazole rings is 1. The molecule has 0 fully saturated rings. The number of carboxylic acids is 1. The van der Waals surface area contributed by atoms with Gasteiger partial charge in [-0.15, -0.1) is 10.2 Å². The molecule has 0 saturated carbocycles. The number of halogens is 2. The number of carboxylic acid groups (broad SMARTS) is 1. The van der Waals surface area contributed by atoms with E-state index in [-0.39, 0.29) is 5.56 Å². The summed E-state index contributed by atoms with van der Waals surface area (Å²) in [5.74, 6) is -0.347. The molecule has 0 aliphatic carbocycles. The summed E-state index contributed by atoms with van der Waals surface area (Å²) in [4.78, 5) is 12.5. The van der Waals surface area contributed by atoms with E-state index in [9.17, 15) is 4.79 Å². The average Bonchev–Trinajstić information content (AvgIpc) is 3.41. The minimum Gasteiger partial charge on any atom is -0.478 e. The predicted molar refractivity (Wildman–Crippen MR) is 131 cm³/mol. The van der Waals surface area contributed by atoms with E-state index < -0.39 is 5.97 Å². The van der Waals surface area contributed by atoms with E-state index in [0.717, 1.165) is 27.6 Å². The van der Waals surface area contributed by atoms with Crippen LogP contribution in [0.4, 0.5) is 0 Å². The molecule has 0 saturated heterocycles. The molecule has 1 N–H and O–H groups in total. The van der Waals surface area contributed by atoms with Gasteiger partial charge in [0, 0.05) is 40.1 Å². The lowest BCUT2D eigenvalue weighted by Crippen LogP contribution is -2.05. The maximum atomic E-state index is 11.0. The topological polar surface area (TPSA) is 85.8 Å². The zero-order valence-electron chi connectivity index (χ0n) is 17.9. The lowest BCUT2D eigenvalue weighted by Gasteiger charge is -2.08. The summed E-state index contributed by atoms with van der Waals surface area (Å²) in [7, 11) is 0. The monoisotopic (exact) mass is 491 g/mol. The van der Waals surface area contributed by atoms with E-state index in [1.165, 1.54) is 4.80 Å². The molecule has 0 bridgehead atoms. The molecule has 0 atom stereocenters. The standard InChI is InChI=1S/C25H19Cl2N5O2/c26-20-10-9-18(22(27)12-20)14-31-15-19(21-3-1-2-4-23(21)31)11-24-28-30-32(29-24)13-16-5-7-17(8-6-16)25(33)34/h1-10,12,15H,11,13-14H2,(H,33,34). The Labute approximate surface area is 205 Å². The molecular weight excluding hydrogens is 473 g/mol. The van der Waals surface area contributed by atoms with Crippen LogP contribution in [0.5, 0.6) is 0 Å². The average molecular weight is 492 g/mol. The Kier molecular flexibility index (Phi) is 6.04. The number of benzene rings is 3. The van der Waals surface area contributed by atoms with Crippen LogP contribution in [0.25, 0.3) is 10.9 Å². The van der Waals surface area contributed by atoms with Gasteiger partial charge in [0.25, 0.3) is 0 Å². The van der Waals surface area contributed by atoms with Gasteiger partial charge in [0.2, 0.25) is 0 Å². The third-order valence-electron chi connectivity index (χ3n) is 5.59. The highest BCUT2D eigenvalue weighted by Crippen LogP contribution is 2.27. The minimum atomic E-state index is -0.954. The van der Waals surface area contributed by atoms with Crippen molar-refractivity contribution in [2.45, 2.75) is 19.5 Å². The van der Waals surface area contributed by atoms with Crippen molar-refractivity contribution in [3.63, 3.8) is 0 Å². The summed E-state index contributed by atoms with van der Waals surface area (Å²) >= 11 is 12.4. The number of aromatic nitrogens is 5. The number of aromatic carboxylic acids is 1. The second kappa shape index (κ2) is 9.29. The van der Waals surface area contributed by atoms with Crippen molar-refractivity contribution < 1.29 is 9.90 Å². The van der Waals surface area contributed by atoms with Crippen molar-refractivity contribution in [3.8, 4) is 0 Å². The van der Waals surface area contributed by atoms with Gasteiger partial charge >= 0.3 is 5.97 Å². The van der Waals surface area contributed by atoms with Crippen molar-refractivity contribution >= 4 is 40.1 Å². The first-order valence-electron chi connectivity index (χ1n) is 10.6. The fourth-order valence-electron chi connectivity index (χ4n) is 3.93. The van der Waals surface area contributed by atoms with Crippen molar-refractivity contribution in [1.29, 1.82) is 0 Å². The van der Waals surface area contributed by atoms with Crippen LogP contribution in [0.2, 0.25) is 10.0 Å². The zero-order valence-corrected chi connectivity index (χ0v) is 19.4. The number of hydrogen-bond donors (Lipinski definition) is 1. The van der Waals surface area contributed by atoms with Crippen molar-refractivity contribution in [3.05, 3.63) is 111 Å². The van der Waals surface area contributed by atoms with Gasteiger partial charge in [-0.2, -0.15) is 4.80 Å². The lowest BCUT2D eigenvalue weighted by atomic mass is 10.1. The smallest absolute Gasteiger partial charge is 0.335 e. The fourth-order valence-corrected chi connectivity index (χ4v) is 4.40. The van der Waals surface area contributed by atoms with Crippen molar-refractivity contribution in [2.24, 2.45) is 0 Å². The zero-order chi connectivity index (χ0) is 23.7. The van der Waals surface area contributed by atoms with Gasteiger partial charge in [-0.25, -0.2) is 4.79 Å². The van der Waals surface area contributed by atoms with Crippen molar-refractivity contribution in [1.82, 2.24) is 24.8 Å². The first-order chi connectivity index (χ1) is 16.5. The molecular formula is C25H19Cl2N5O2. The van der Waals surface area contributed by atoms with E-state index in [2.05, 4.69) is 38.3 Å². The molecule has 34 heavy (non-hydrogen) atoms. The highest BCUT2D eigenvalue weighted by atomic mass is 35.5. The molecule has 0 unspecified atom stereocenters. The number of rotatable bonds is 7. The summed E-state index contributed by atoms with van der Waals surface area (Å²) in [6, 6.07) is 20.3. The van der Waals surface area contributed by atoms with Crippen LogP contribution in [-0.4, -0.2) is 35.9 Å². The second-order valence-electron chi connectivity index (χ2n) is 7.95. The van der Waals surface area contributed by atoms with E-state index in [1.807, 2.05) is 24.3 Å². The quantitative estimate of drug-likeness (QED) is 0.332. The highest BCUT2D eigenvalue weighted by molar-refractivity contribution is 6.35. The van der Waals surface area contributed by atoms with Gasteiger partial charge in [0.1, 0.15) is 0 Å². The van der Waals surface area contributed by atoms with Crippen LogP contribution >= 0.6 is 23.2 Å². The first-order valence-corrected chi connectivity index (χ1v) is 11.3. The molecule has 5 rings (SSSR count). The van der Waals surface area contributed by atoms with Gasteiger partial charge in [-0.05, 0) is 52.2 Å². The van der Waals surface area contributed by atoms with E-state index in [1.54, 1.807) is 30.3 Å². The Balaban J connectivity index is 1.37. The SMILES string of the molecule is O=C(O)c1ccc(Cn2nnc(Cc3cn(Cc4ccc(Cl)cc4Cl)c4ccccc34)n2)cc1. The molecule has 9 heteroatoms. The summed E-state index contributed by atoms with van der Waals surface area (Å²) in [6.45, 7) is 1.02. The number of nitrogens with zero attached hydrogens (tertiary/aromatic N) is 5. The van der Waals surface area contributed by atoms with Crippen LogP contribution in [0.1, 0.15) is 32.9 Å². The molecule has 7 nitrogen and oxygen atoms in total. The van der Waals surface area contributed by atoms with E-state index in [4.69, 9.17) is 28.3 Å². The largest absolute Gasteiger partial charge is 0.478 e. The summed E-state index contributed by atoms with van der Waals surface area (Å²) in [5.41, 5.74) is 4.30. The van der Waals surface area contributed by atoms with Crippen LogP contribution in [0.15, 0.2) is 72.9 Å². The van der Waals surface area contributed by atoms with Crippen LogP contribution in [0, 0.1) is 0 Å². The van der Waals surface area contributed by atoms with E-state index in [0.29, 0.717) is 35.4 Å². The summed E-state index contributed by atoms with van der Waals surface area (Å²) in [6.07, 6.45) is 2.63. The van der Waals surface area contributed by atoms with Gasteiger partial charge in [-0.3, -0.25) is 0 Å². The van der Waals surface area contributed by atoms with Crippen LogP contribution in [0.3, 0.4) is 0 Å². The van der Waals surface area contributed by atoms with Gasteiger partial charge in [0.05, 0.1) is 12.1 Å². The molecule has 0 aliphatic heterocycles. The first kappa shape index (κ1) is 22.1. The maximum absolute atomic E-state index is 11.0. The normalized spacial score (nSPS) is 11.2. The number of fused-ring (bicyclic) bond motifs is 1. The molecule has 2 aromatic heterocycles. The number of carbonyl (C=O) groups is 1. The lowest BCUT2D eigenvalue weighted by molar-refractivity contribution is 0.0697. The number of hydrogen-bond acceptors (Lipinski definition) is 4. The molecule has 2 heterocycles. The Bertz CT molecular complexity index is 1490. The molecule has 0 aliphatic rings.